The number of benzene rings is 1. The van der Waals surface area contributed by atoms with Gasteiger partial charge < -0.3 is 20.1 Å². The molecule has 0 aromatic heterocycles. The molecule has 0 saturated heterocycles. The van der Waals surface area contributed by atoms with Crippen LogP contribution in [-0.4, -0.2) is 39.3 Å². The van der Waals surface area contributed by atoms with E-state index < -0.39 is 6.10 Å². The number of hydrogen-bond donors (Lipinski definition) is 2. The van der Waals surface area contributed by atoms with Crippen molar-refractivity contribution in [3.05, 3.63) is 28.8 Å². The third kappa shape index (κ3) is 6.33. The molecule has 2 N–H and O–H groups in total. The zero-order valence-electron chi connectivity index (χ0n) is 12.7. The molecule has 0 saturated carbocycles. The molecule has 0 aliphatic rings. The number of carbonyl (C=O) groups excluding carboxylic acids is 1. The summed E-state index contributed by atoms with van der Waals surface area (Å²) >= 11 is 5.98. The molecule has 0 radical (unpaired) electrons. The van der Waals surface area contributed by atoms with E-state index in [0.29, 0.717) is 30.5 Å². The summed E-state index contributed by atoms with van der Waals surface area (Å²) in [7, 11) is 3.48. The highest BCUT2D eigenvalue weighted by atomic mass is 35.5. The Kier molecular flexibility index (Phi) is 8.12. The van der Waals surface area contributed by atoms with Crippen molar-refractivity contribution >= 4 is 17.5 Å². The van der Waals surface area contributed by atoms with E-state index in [-0.39, 0.29) is 5.91 Å². The first-order valence-electron chi connectivity index (χ1n) is 6.94. The van der Waals surface area contributed by atoms with Gasteiger partial charge in [-0.1, -0.05) is 11.6 Å². The maximum atomic E-state index is 11.9. The van der Waals surface area contributed by atoms with E-state index in [1.807, 2.05) is 13.1 Å². The second kappa shape index (κ2) is 9.60. The Labute approximate surface area is 131 Å². The number of amides is 1. The van der Waals surface area contributed by atoms with Crippen LogP contribution in [0, 0.1) is 0 Å². The minimum absolute atomic E-state index is 0.142. The summed E-state index contributed by atoms with van der Waals surface area (Å²) in [6, 6.07) is 5.36. The van der Waals surface area contributed by atoms with Crippen molar-refractivity contribution in [1.29, 1.82) is 0 Å². The first-order valence-corrected chi connectivity index (χ1v) is 7.32. The molecule has 6 heteroatoms. The van der Waals surface area contributed by atoms with Gasteiger partial charge in [0, 0.05) is 37.4 Å². The number of carbonyl (C=O) groups is 1. The van der Waals surface area contributed by atoms with E-state index in [9.17, 15) is 4.79 Å². The Hall–Kier alpha value is -1.30. The Morgan fingerprint density at radius 2 is 2.19 bits per heavy atom. The average molecular weight is 315 g/mol. The topological polar surface area (TPSA) is 59.6 Å². The van der Waals surface area contributed by atoms with E-state index in [0.717, 1.165) is 12.0 Å². The van der Waals surface area contributed by atoms with Gasteiger partial charge in [0.15, 0.2) is 6.10 Å². The van der Waals surface area contributed by atoms with Gasteiger partial charge >= 0.3 is 0 Å². The second-order valence-electron chi connectivity index (χ2n) is 4.68. The number of hydrogen-bond acceptors (Lipinski definition) is 4. The largest absolute Gasteiger partial charge is 0.481 e. The highest BCUT2D eigenvalue weighted by Gasteiger charge is 2.15. The van der Waals surface area contributed by atoms with Crippen molar-refractivity contribution in [2.45, 2.75) is 26.0 Å². The summed E-state index contributed by atoms with van der Waals surface area (Å²) in [6.07, 6.45) is 0.213. The molecule has 1 atom stereocenters. The van der Waals surface area contributed by atoms with Gasteiger partial charge in [0.1, 0.15) is 5.75 Å². The summed E-state index contributed by atoms with van der Waals surface area (Å²) in [6.45, 7) is 3.55. The van der Waals surface area contributed by atoms with Crippen molar-refractivity contribution in [2.75, 3.05) is 27.3 Å². The SMILES string of the molecule is CNCc1cc(Cl)ccc1OC(C)C(=O)NCCCOC. The van der Waals surface area contributed by atoms with Gasteiger partial charge in [0.2, 0.25) is 0 Å². The lowest BCUT2D eigenvalue weighted by Crippen LogP contribution is -2.37. The predicted molar refractivity (Wildman–Crippen MR) is 83.8 cm³/mol. The highest BCUT2D eigenvalue weighted by molar-refractivity contribution is 6.30. The minimum Gasteiger partial charge on any atom is -0.481 e. The van der Waals surface area contributed by atoms with Gasteiger partial charge in [-0.25, -0.2) is 0 Å². The molecule has 21 heavy (non-hydrogen) atoms. The van der Waals surface area contributed by atoms with Crippen LogP contribution < -0.4 is 15.4 Å². The zero-order chi connectivity index (χ0) is 15.7. The molecule has 1 unspecified atom stereocenters. The van der Waals surface area contributed by atoms with Crippen molar-refractivity contribution in [2.24, 2.45) is 0 Å². The van der Waals surface area contributed by atoms with Crippen LogP contribution in [-0.2, 0) is 16.1 Å². The van der Waals surface area contributed by atoms with Crippen LogP contribution in [0.2, 0.25) is 5.02 Å². The third-order valence-electron chi connectivity index (χ3n) is 2.89. The molecule has 1 amide bonds. The summed E-state index contributed by atoms with van der Waals surface area (Å²) in [5.74, 6) is 0.518. The minimum atomic E-state index is -0.565. The average Bonchev–Trinajstić information content (AvgIpc) is 2.46. The quantitative estimate of drug-likeness (QED) is 0.684. The smallest absolute Gasteiger partial charge is 0.260 e. The second-order valence-corrected chi connectivity index (χ2v) is 5.12. The lowest BCUT2D eigenvalue weighted by Gasteiger charge is -2.17. The fourth-order valence-corrected chi connectivity index (χ4v) is 2.00. The lowest BCUT2D eigenvalue weighted by molar-refractivity contribution is -0.127. The molecule has 0 heterocycles. The van der Waals surface area contributed by atoms with Gasteiger partial charge in [0.25, 0.3) is 5.91 Å². The third-order valence-corrected chi connectivity index (χ3v) is 3.12. The predicted octanol–water partition coefficient (Wildman–Crippen LogP) is 1.98. The molecule has 1 aromatic rings. The highest BCUT2D eigenvalue weighted by Crippen LogP contribution is 2.23. The standard InChI is InChI=1S/C15H23ClN2O3/c1-11(15(19)18-7-4-8-20-3)21-14-6-5-13(16)9-12(14)10-17-2/h5-6,9,11,17H,4,7-8,10H2,1-3H3,(H,18,19). The van der Waals surface area contributed by atoms with Crippen LogP contribution >= 0.6 is 11.6 Å². The summed E-state index contributed by atoms with van der Waals surface area (Å²) in [4.78, 5) is 11.9. The van der Waals surface area contributed by atoms with Crippen LogP contribution in [0.1, 0.15) is 18.9 Å². The summed E-state index contributed by atoms with van der Waals surface area (Å²) < 4.78 is 10.7. The fourth-order valence-electron chi connectivity index (χ4n) is 1.81. The van der Waals surface area contributed by atoms with E-state index in [4.69, 9.17) is 21.1 Å². The van der Waals surface area contributed by atoms with Crippen LogP contribution in [0.3, 0.4) is 0 Å². The number of methoxy groups -OCH3 is 1. The zero-order valence-corrected chi connectivity index (χ0v) is 13.5. The molecule has 5 nitrogen and oxygen atoms in total. The van der Waals surface area contributed by atoms with E-state index in [1.54, 1.807) is 26.2 Å². The Bertz CT molecular complexity index is 455. The Morgan fingerprint density at radius 1 is 1.43 bits per heavy atom. The van der Waals surface area contributed by atoms with Gasteiger partial charge in [-0.3, -0.25) is 4.79 Å². The molecular weight excluding hydrogens is 292 g/mol. The van der Waals surface area contributed by atoms with Gasteiger partial charge in [-0.15, -0.1) is 0 Å². The molecule has 0 fully saturated rings. The molecule has 0 aliphatic carbocycles. The fraction of sp³-hybridized carbons (Fsp3) is 0.533. The summed E-state index contributed by atoms with van der Waals surface area (Å²) in [5, 5.41) is 6.51. The number of nitrogens with one attached hydrogen (secondary N) is 2. The normalized spacial score (nSPS) is 12.0. The van der Waals surface area contributed by atoms with Crippen molar-refractivity contribution < 1.29 is 14.3 Å². The molecule has 1 aromatic carbocycles. The number of ether oxygens (including phenoxy) is 2. The number of halogens is 1. The summed E-state index contributed by atoms with van der Waals surface area (Å²) in [5.41, 5.74) is 0.920. The number of rotatable bonds is 9. The van der Waals surface area contributed by atoms with Gasteiger partial charge in [-0.05, 0) is 38.6 Å². The molecule has 0 aliphatic heterocycles. The van der Waals surface area contributed by atoms with Crippen LogP contribution in [0.15, 0.2) is 18.2 Å². The Morgan fingerprint density at radius 3 is 2.86 bits per heavy atom. The van der Waals surface area contributed by atoms with Crippen LogP contribution in [0.4, 0.5) is 0 Å². The first kappa shape index (κ1) is 17.8. The van der Waals surface area contributed by atoms with Crippen molar-refractivity contribution in [3.63, 3.8) is 0 Å². The van der Waals surface area contributed by atoms with Crippen LogP contribution in [0.25, 0.3) is 0 Å². The van der Waals surface area contributed by atoms with Crippen molar-refractivity contribution in [3.8, 4) is 5.75 Å². The molecule has 1 rings (SSSR count). The first-order chi connectivity index (χ1) is 10.1. The maximum absolute atomic E-state index is 11.9. The molecule has 0 spiro atoms. The monoisotopic (exact) mass is 314 g/mol. The molecule has 0 bridgehead atoms. The van der Waals surface area contributed by atoms with Crippen molar-refractivity contribution in [1.82, 2.24) is 10.6 Å². The Balaban J connectivity index is 2.57. The van der Waals surface area contributed by atoms with E-state index in [2.05, 4.69) is 10.6 Å². The maximum Gasteiger partial charge on any atom is 0.260 e. The van der Waals surface area contributed by atoms with E-state index >= 15 is 0 Å². The van der Waals surface area contributed by atoms with Crippen LogP contribution in [0.5, 0.6) is 5.75 Å². The van der Waals surface area contributed by atoms with Gasteiger partial charge in [-0.2, -0.15) is 0 Å². The van der Waals surface area contributed by atoms with Gasteiger partial charge in [0.05, 0.1) is 0 Å². The molecule has 118 valence electrons. The lowest BCUT2D eigenvalue weighted by atomic mass is 10.2. The molecular formula is C15H23ClN2O3. The van der Waals surface area contributed by atoms with E-state index in [1.165, 1.54) is 0 Å².